The van der Waals surface area contributed by atoms with Gasteiger partial charge in [-0.15, -0.1) is 0 Å². The zero-order valence-electron chi connectivity index (χ0n) is 18.7. The van der Waals surface area contributed by atoms with Gasteiger partial charge in [0.2, 0.25) is 0 Å². The van der Waals surface area contributed by atoms with E-state index in [1.165, 1.54) is 19.2 Å². The summed E-state index contributed by atoms with van der Waals surface area (Å²) in [4.78, 5) is 39.1. The van der Waals surface area contributed by atoms with Crippen LogP contribution >= 0.6 is 34.4 Å². The van der Waals surface area contributed by atoms with E-state index in [-0.39, 0.29) is 22.8 Å². The van der Waals surface area contributed by atoms with Crippen LogP contribution in [0.3, 0.4) is 0 Å². The Kier molecular flexibility index (Phi) is 7.56. The van der Waals surface area contributed by atoms with Crippen LogP contribution in [0.5, 0.6) is 11.5 Å². The predicted molar refractivity (Wildman–Crippen MR) is 140 cm³/mol. The van der Waals surface area contributed by atoms with Gasteiger partial charge in [0.1, 0.15) is 5.82 Å². The first-order valence-electron chi connectivity index (χ1n) is 10.4. The smallest absolute Gasteiger partial charge is 0.343 e. The van der Waals surface area contributed by atoms with E-state index in [0.29, 0.717) is 20.4 Å². The largest absolute Gasteiger partial charge is 0.493 e. The molecule has 2 amide bonds. The third-order valence-corrected chi connectivity index (χ3v) is 6.90. The molecule has 1 saturated heterocycles. The predicted octanol–water partition coefficient (Wildman–Crippen LogP) is 6.20. The standard InChI is InChI=1S/C26H19FINO5S/c1-15-7-9-17(10-8-15)25(31)34-23-20(28)11-16(12-21(23)33-2)13-22-24(30)29(26(32)35-22)14-18-5-3-4-6-19(18)27/h3-13H,14H2,1-2H3/b22-13-. The molecule has 0 unspecified atom stereocenters. The molecule has 0 atom stereocenters. The third kappa shape index (κ3) is 5.57. The molecule has 4 rings (SSSR count). The van der Waals surface area contributed by atoms with Crippen LogP contribution in [0.1, 0.15) is 27.0 Å². The fraction of sp³-hybridized carbons (Fsp3) is 0.115. The molecule has 1 aliphatic heterocycles. The highest BCUT2D eigenvalue weighted by Gasteiger charge is 2.35. The number of imide groups is 1. The number of aryl methyl sites for hydroxylation is 1. The van der Waals surface area contributed by atoms with Gasteiger partial charge in [0, 0.05) is 5.56 Å². The summed E-state index contributed by atoms with van der Waals surface area (Å²) in [6.45, 7) is 1.78. The minimum Gasteiger partial charge on any atom is -0.493 e. The summed E-state index contributed by atoms with van der Waals surface area (Å²) < 4.78 is 25.6. The maximum atomic E-state index is 14.0. The molecule has 0 saturated carbocycles. The van der Waals surface area contributed by atoms with Crippen LogP contribution in [0, 0.1) is 16.3 Å². The van der Waals surface area contributed by atoms with Gasteiger partial charge in [0.25, 0.3) is 11.1 Å². The summed E-state index contributed by atoms with van der Waals surface area (Å²) in [5.41, 5.74) is 2.27. The second-order valence-corrected chi connectivity index (χ2v) is 9.80. The van der Waals surface area contributed by atoms with E-state index in [4.69, 9.17) is 9.47 Å². The number of nitrogens with zero attached hydrogens (tertiary/aromatic N) is 1. The molecule has 0 radical (unpaired) electrons. The van der Waals surface area contributed by atoms with Crippen molar-refractivity contribution in [2.24, 2.45) is 0 Å². The highest BCUT2D eigenvalue weighted by atomic mass is 127. The minimum absolute atomic E-state index is 0.149. The van der Waals surface area contributed by atoms with Crippen molar-refractivity contribution in [2.75, 3.05) is 7.11 Å². The van der Waals surface area contributed by atoms with E-state index in [2.05, 4.69) is 0 Å². The second-order valence-electron chi connectivity index (χ2n) is 7.65. The lowest BCUT2D eigenvalue weighted by molar-refractivity contribution is -0.123. The number of hydrogen-bond donors (Lipinski definition) is 0. The van der Waals surface area contributed by atoms with Gasteiger partial charge in [0.05, 0.1) is 27.7 Å². The van der Waals surface area contributed by atoms with Gasteiger partial charge >= 0.3 is 5.97 Å². The van der Waals surface area contributed by atoms with Crippen molar-refractivity contribution in [3.05, 3.63) is 97.2 Å². The van der Waals surface area contributed by atoms with Gasteiger partial charge in [-0.1, -0.05) is 35.9 Å². The van der Waals surface area contributed by atoms with E-state index >= 15 is 0 Å². The fourth-order valence-corrected chi connectivity index (χ4v) is 4.92. The van der Waals surface area contributed by atoms with Crippen LogP contribution < -0.4 is 9.47 Å². The quantitative estimate of drug-likeness (QED) is 0.145. The molecule has 0 aromatic heterocycles. The first kappa shape index (κ1) is 24.9. The third-order valence-electron chi connectivity index (χ3n) is 5.19. The first-order chi connectivity index (χ1) is 16.8. The number of ether oxygens (including phenoxy) is 2. The highest BCUT2D eigenvalue weighted by molar-refractivity contribution is 14.1. The Labute approximate surface area is 219 Å². The zero-order chi connectivity index (χ0) is 25.1. The maximum absolute atomic E-state index is 14.0. The average molecular weight is 603 g/mol. The van der Waals surface area contributed by atoms with Crippen LogP contribution in [-0.4, -0.2) is 29.1 Å². The molecular formula is C26H19FINO5S. The van der Waals surface area contributed by atoms with Crippen molar-refractivity contribution >= 4 is 57.5 Å². The van der Waals surface area contributed by atoms with Gasteiger partial charge in [-0.25, -0.2) is 9.18 Å². The molecule has 3 aromatic carbocycles. The molecule has 35 heavy (non-hydrogen) atoms. The molecule has 178 valence electrons. The summed E-state index contributed by atoms with van der Waals surface area (Å²) >= 11 is 2.80. The van der Waals surface area contributed by atoms with Gasteiger partial charge < -0.3 is 9.47 Å². The van der Waals surface area contributed by atoms with Crippen LogP contribution in [0.4, 0.5) is 9.18 Å². The van der Waals surface area contributed by atoms with Gasteiger partial charge in [-0.3, -0.25) is 14.5 Å². The molecule has 0 N–H and O–H groups in total. The van der Waals surface area contributed by atoms with Crippen LogP contribution in [0.25, 0.3) is 6.08 Å². The van der Waals surface area contributed by atoms with Crippen molar-refractivity contribution < 1.29 is 28.2 Å². The fourth-order valence-electron chi connectivity index (χ4n) is 3.35. The normalized spacial score (nSPS) is 14.5. The lowest BCUT2D eigenvalue weighted by Crippen LogP contribution is -2.27. The van der Waals surface area contributed by atoms with E-state index in [9.17, 15) is 18.8 Å². The van der Waals surface area contributed by atoms with Crippen molar-refractivity contribution in [1.82, 2.24) is 4.90 Å². The van der Waals surface area contributed by atoms with Crippen molar-refractivity contribution in [2.45, 2.75) is 13.5 Å². The van der Waals surface area contributed by atoms with Crippen molar-refractivity contribution in [1.29, 1.82) is 0 Å². The van der Waals surface area contributed by atoms with E-state index < -0.39 is 22.9 Å². The Bertz CT molecular complexity index is 1360. The van der Waals surface area contributed by atoms with Crippen LogP contribution in [-0.2, 0) is 11.3 Å². The number of halogens is 2. The molecule has 6 nitrogen and oxygen atoms in total. The minimum atomic E-state index is -0.525. The Morgan fingerprint density at radius 1 is 1.11 bits per heavy atom. The van der Waals surface area contributed by atoms with Crippen molar-refractivity contribution in [3.63, 3.8) is 0 Å². The van der Waals surface area contributed by atoms with Crippen LogP contribution in [0.2, 0.25) is 0 Å². The molecule has 1 heterocycles. The Morgan fingerprint density at radius 3 is 2.51 bits per heavy atom. The molecule has 0 aliphatic carbocycles. The second kappa shape index (κ2) is 10.6. The van der Waals surface area contributed by atoms with E-state index in [1.54, 1.807) is 42.5 Å². The number of carbonyl (C=O) groups is 3. The van der Waals surface area contributed by atoms with E-state index in [1.807, 2.05) is 41.6 Å². The van der Waals surface area contributed by atoms with Crippen molar-refractivity contribution in [3.8, 4) is 11.5 Å². The van der Waals surface area contributed by atoms with Gasteiger partial charge in [-0.05, 0) is 83.2 Å². The highest BCUT2D eigenvalue weighted by Crippen LogP contribution is 2.38. The number of amides is 2. The molecule has 1 fully saturated rings. The Morgan fingerprint density at radius 2 is 1.83 bits per heavy atom. The summed E-state index contributed by atoms with van der Waals surface area (Å²) in [5, 5.41) is -0.477. The number of carbonyl (C=O) groups excluding carboxylic acids is 3. The molecule has 9 heteroatoms. The molecule has 0 bridgehead atoms. The number of methoxy groups -OCH3 is 1. The van der Waals surface area contributed by atoms with Crippen LogP contribution in [0.15, 0.2) is 65.6 Å². The number of benzene rings is 3. The lowest BCUT2D eigenvalue weighted by Gasteiger charge is -2.13. The molecule has 1 aliphatic rings. The molecule has 3 aromatic rings. The SMILES string of the molecule is COc1cc(/C=C2\SC(=O)N(Cc3ccccc3F)C2=O)cc(I)c1OC(=O)c1ccc(C)cc1. The molecular weight excluding hydrogens is 584 g/mol. The summed E-state index contributed by atoms with van der Waals surface area (Å²) in [5.74, 6) is -0.960. The summed E-state index contributed by atoms with van der Waals surface area (Å²) in [6.07, 6.45) is 1.56. The molecule has 0 spiro atoms. The first-order valence-corrected chi connectivity index (χ1v) is 12.3. The number of thioether (sulfide) groups is 1. The monoisotopic (exact) mass is 603 g/mol. The number of hydrogen-bond acceptors (Lipinski definition) is 6. The zero-order valence-corrected chi connectivity index (χ0v) is 21.7. The average Bonchev–Trinajstić information content (AvgIpc) is 3.09. The topological polar surface area (TPSA) is 72.9 Å². The summed E-state index contributed by atoms with van der Waals surface area (Å²) in [7, 11) is 1.45. The summed E-state index contributed by atoms with van der Waals surface area (Å²) in [6, 6.07) is 16.3. The van der Waals surface area contributed by atoms with E-state index in [0.717, 1.165) is 22.2 Å². The Hall–Kier alpha value is -3.18. The number of rotatable bonds is 6. The lowest BCUT2D eigenvalue weighted by atomic mass is 10.1. The maximum Gasteiger partial charge on any atom is 0.343 e. The Balaban J connectivity index is 1.57. The number of esters is 1. The van der Waals surface area contributed by atoms with Gasteiger partial charge in [0.15, 0.2) is 11.5 Å². The van der Waals surface area contributed by atoms with Gasteiger partial charge in [-0.2, -0.15) is 0 Å².